The van der Waals surface area contributed by atoms with Gasteiger partial charge in [-0.15, -0.1) is 11.3 Å². The molecule has 2 heterocycles. The van der Waals surface area contributed by atoms with Gasteiger partial charge in [-0.2, -0.15) is 0 Å². The van der Waals surface area contributed by atoms with E-state index in [0.29, 0.717) is 5.92 Å². The average Bonchev–Trinajstić information content (AvgIpc) is 2.74. The third-order valence-electron chi connectivity index (χ3n) is 2.67. The van der Waals surface area contributed by atoms with Crippen molar-refractivity contribution in [2.75, 3.05) is 26.7 Å². The number of nitrogens with zero attached hydrogens (tertiary/aromatic N) is 2. The number of thiazole rings is 1. The molecule has 4 heteroatoms. The Morgan fingerprint density at radius 2 is 2.57 bits per heavy atom. The standard InChI is InChI=1S/C10H16N2OS/c1-12-4-2-8(7-12)10-11-6-9(14-10)3-5-13/h6,8,13H,2-5,7H2,1H3. The van der Waals surface area contributed by atoms with Crippen LogP contribution in [0, 0.1) is 0 Å². The van der Waals surface area contributed by atoms with E-state index in [4.69, 9.17) is 5.11 Å². The van der Waals surface area contributed by atoms with E-state index in [1.165, 1.54) is 22.9 Å². The highest BCUT2D eigenvalue weighted by molar-refractivity contribution is 7.11. The monoisotopic (exact) mass is 212 g/mol. The molecule has 1 atom stereocenters. The molecule has 0 saturated carbocycles. The maximum absolute atomic E-state index is 8.81. The highest BCUT2D eigenvalue weighted by atomic mass is 32.1. The number of aliphatic hydroxyl groups excluding tert-OH is 1. The summed E-state index contributed by atoms with van der Waals surface area (Å²) in [6.45, 7) is 2.54. The van der Waals surface area contributed by atoms with Gasteiger partial charge in [-0.25, -0.2) is 4.98 Å². The van der Waals surface area contributed by atoms with Crippen molar-refractivity contribution in [2.24, 2.45) is 0 Å². The number of hydrogen-bond acceptors (Lipinski definition) is 4. The summed E-state index contributed by atoms with van der Waals surface area (Å²) in [5, 5.41) is 10.1. The van der Waals surface area contributed by atoms with Crippen molar-refractivity contribution in [3.8, 4) is 0 Å². The van der Waals surface area contributed by atoms with Crippen LogP contribution in [0.2, 0.25) is 0 Å². The minimum Gasteiger partial charge on any atom is -0.396 e. The highest BCUT2D eigenvalue weighted by Crippen LogP contribution is 2.29. The van der Waals surface area contributed by atoms with Crippen LogP contribution in [0.5, 0.6) is 0 Å². The zero-order chi connectivity index (χ0) is 9.97. The van der Waals surface area contributed by atoms with Crippen LogP contribution in [0.25, 0.3) is 0 Å². The van der Waals surface area contributed by atoms with Gasteiger partial charge in [-0.3, -0.25) is 0 Å². The van der Waals surface area contributed by atoms with Crippen molar-refractivity contribution in [1.82, 2.24) is 9.88 Å². The number of aliphatic hydroxyl groups is 1. The average molecular weight is 212 g/mol. The third-order valence-corrected chi connectivity index (χ3v) is 3.89. The largest absolute Gasteiger partial charge is 0.396 e. The predicted molar refractivity (Wildman–Crippen MR) is 57.8 cm³/mol. The molecule has 0 spiro atoms. The molecule has 1 unspecified atom stereocenters. The molecule has 0 bridgehead atoms. The second-order valence-electron chi connectivity index (χ2n) is 3.89. The van der Waals surface area contributed by atoms with Gasteiger partial charge in [0.1, 0.15) is 0 Å². The van der Waals surface area contributed by atoms with Crippen LogP contribution in [0.4, 0.5) is 0 Å². The SMILES string of the molecule is CN1CCC(c2ncc(CCO)s2)C1. The maximum Gasteiger partial charge on any atom is 0.0971 e. The first-order valence-electron chi connectivity index (χ1n) is 5.03. The van der Waals surface area contributed by atoms with E-state index in [2.05, 4.69) is 16.9 Å². The second kappa shape index (κ2) is 4.38. The van der Waals surface area contributed by atoms with Gasteiger partial charge in [0.05, 0.1) is 5.01 Å². The summed E-state index contributed by atoms with van der Waals surface area (Å²) in [6.07, 6.45) is 3.89. The fourth-order valence-electron chi connectivity index (χ4n) is 1.87. The molecule has 1 fully saturated rings. The normalized spacial score (nSPS) is 23.1. The molecule has 78 valence electrons. The molecule has 3 nitrogen and oxygen atoms in total. The molecule has 1 aromatic rings. The quantitative estimate of drug-likeness (QED) is 0.815. The van der Waals surface area contributed by atoms with Crippen LogP contribution in [0.3, 0.4) is 0 Å². The molecule has 14 heavy (non-hydrogen) atoms. The van der Waals surface area contributed by atoms with E-state index in [9.17, 15) is 0 Å². The number of likely N-dealkylation sites (tertiary alicyclic amines) is 1. The van der Waals surface area contributed by atoms with E-state index < -0.39 is 0 Å². The van der Waals surface area contributed by atoms with Gasteiger partial charge in [-0.05, 0) is 20.0 Å². The van der Waals surface area contributed by atoms with Crippen LogP contribution in [-0.2, 0) is 6.42 Å². The fraction of sp³-hybridized carbons (Fsp3) is 0.700. The number of rotatable bonds is 3. The summed E-state index contributed by atoms with van der Waals surface area (Å²) >= 11 is 1.76. The highest BCUT2D eigenvalue weighted by Gasteiger charge is 2.23. The van der Waals surface area contributed by atoms with Crippen molar-refractivity contribution < 1.29 is 5.11 Å². The first kappa shape index (κ1) is 10.1. The van der Waals surface area contributed by atoms with Crippen LogP contribution in [0.15, 0.2) is 6.20 Å². The molecule has 2 rings (SSSR count). The van der Waals surface area contributed by atoms with Crippen LogP contribution in [-0.4, -0.2) is 41.7 Å². The van der Waals surface area contributed by atoms with Crippen LogP contribution in [0.1, 0.15) is 22.2 Å². The Hall–Kier alpha value is -0.450. The number of hydrogen-bond donors (Lipinski definition) is 1. The lowest BCUT2D eigenvalue weighted by atomic mass is 10.1. The predicted octanol–water partition coefficient (Wildman–Crippen LogP) is 1.10. The molecular formula is C10H16N2OS. The lowest BCUT2D eigenvalue weighted by molar-refractivity contribution is 0.300. The summed E-state index contributed by atoms with van der Waals surface area (Å²) in [4.78, 5) is 7.98. The molecule has 1 aromatic heterocycles. The lowest BCUT2D eigenvalue weighted by Crippen LogP contribution is -2.13. The van der Waals surface area contributed by atoms with Crippen molar-refractivity contribution in [3.05, 3.63) is 16.1 Å². The molecular weight excluding hydrogens is 196 g/mol. The van der Waals surface area contributed by atoms with Gasteiger partial charge in [0.25, 0.3) is 0 Å². The number of likely N-dealkylation sites (N-methyl/N-ethyl adjacent to an activating group) is 1. The Kier molecular flexibility index (Phi) is 3.15. The van der Waals surface area contributed by atoms with Gasteiger partial charge in [0.2, 0.25) is 0 Å². The van der Waals surface area contributed by atoms with Crippen LogP contribution < -0.4 is 0 Å². The summed E-state index contributed by atoms with van der Waals surface area (Å²) < 4.78 is 0. The topological polar surface area (TPSA) is 36.4 Å². The van der Waals surface area contributed by atoms with Crippen molar-refractivity contribution in [3.63, 3.8) is 0 Å². The van der Waals surface area contributed by atoms with Gasteiger partial charge >= 0.3 is 0 Å². The van der Waals surface area contributed by atoms with Gasteiger partial charge < -0.3 is 10.0 Å². The molecule has 1 aliphatic heterocycles. The summed E-state index contributed by atoms with van der Waals surface area (Å²) in [7, 11) is 2.16. The zero-order valence-electron chi connectivity index (χ0n) is 8.44. The summed E-state index contributed by atoms with van der Waals surface area (Å²) in [5.74, 6) is 0.623. The van der Waals surface area contributed by atoms with E-state index in [1.54, 1.807) is 11.3 Å². The number of aromatic nitrogens is 1. The Labute approximate surface area is 88.4 Å². The van der Waals surface area contributed by atoms with E-state index in [1.807, 2.05) is 6.20 Å². The zero-order valence-corrected chi connectivity index (χ0v) is 9.26. The van der Waals surface area contributed by atoms with Crippen molar-refractivity contribution in [1.29, 1.82) is 0 Å². The molecule has 0 amide bonds. The van der Waals surface area contributed by atoms with Gasteiger partial charge in [0.15, 0.2) is 0 Å². The second-order valence-corrected chi connectivity index (χ2v) is 5.03. The minimum absolute atomic E-state index is 0.228. The molecule has 1 aliphatic rings. The maximum atomic E-state index is 8.81. The Morgan fingerprint density at radius 3 is 3.21 bits per heavy atom. The summed E-state index contributed by atoms with van der Waals surface area (Å²) in [6, 6.07) is 0. The molecule has 0 radical (unpaired) electrons. The Balaban J connectivity index is 2.02. The summed E-state index contributed by atoms with van der Waals surface area (Å²) in [5.41, 5.74) is 0. The molecule has 0 aliphatic carbocycles. The molecule has 0 aromatic carbocycles. The van der Waals surface area contributed by atoms with E-state index >= 15 is 0 Å². The fourth-order valence-corrected chi connectivity index (χ4v) is 2.91. The first-order chi connectivity index (χ1) is 6.79. The lowest BCUT2D eigenvalue weighted by Gasteiger charge is -2.06. The van der Waals surface area contributed by atoms with Gasteiger partial charge in [-0.1, -0.05) is 0 Å². The Bertz CT molecular complexity index is 300. The van der Waals surface area contributed by atoms with Gasteiger partial charge in [0, 0.05) is 36.6 Å². The minimum atomic E-state index is 0.228. The van der Waals surface area contributed by atoms with Crippen molar-refractivity contribution >= 4 is 11.3 Å². The third kappa shape index (κ3) is 2.13. The van der Waals surface area contributed by atoms with Crippen LogP contribution >= 0.6 is 11.3 Å². The van der Waals surface area contributed by atoms with Crippen molar-refractivity contribution in [2.45, 2.75) is 18.8 Å². The van der Waals surface area contributed by atoms with E-state index in [-0.39, 0.29) is 6.61 Å². The smallest absolute Gasteiger partial charge is 0.0971 e. The molecule has 1 saturated heterocycles. The van der Waals surface area contributed by atoms with E-state index in [0.717, 1.165) is 13.0 Å². The first-order valence-corrected chi connectivity index (χ1v) is 5.85. The molecule has 1 N–H and O–H groups in total. The Morgan fingerprint density at radius 1 is 1.71 bits per heavy atom.